The summed E-state index contributed by atoms with van der Waals surface area (Å²) in [4.78, 5) is 0. The van der Waals surface area contributed by atoms with Crippen LogP contribution >= 0.6 is 0 Å². The highest BCUT2D eigenvalue weighted by Gasteiger charge is 2.23. The molecule has 0 radical (unpaired) electrons. The summed E-state index contributed by atoms with van der Waals surface area (Å²) in [6.45, 7) is 0. The molecule has 0 spiro atoms. The van der Waals surface area contributed by atoms with Crippen molar-refractivity contribution in [2.75, 3.05) is 0 Å². The van der Waals surface area contributed by atoms with Crippen LogP contribution in [0.1, 0.15) is 17.2 Å². The molecule has 2 unspecified atom stereocenters. The van der Waals surface area contributed by atoms with E-state index in [1.165, 1.54) is 26.9 Å². The summed E-state index contributed by atoms with van der Waals surface area (Å²) in [5.74, 6) is 0. The van der Waals surface area contributed by atoms with E-state index in [2.05, 4.69) is 48.5 Å². The van der Waals surface area contributed by atoms with Crippen LogP contribution in [0.2, 0.25) is 0 Å². The van der Waals surface area contributed by atoms with Crippen molar-refractivity contribution in [3.05, 3.63) is 77.9 Å². The molecule has 2 atom stereocenters. The van der Waals surface area contributed by atoms with Crippen LogP contribution in [0.25, 0.3) is 38.4 Å². The fourth-order valence-corrected chi connectivity index (χ4v) is 3.88. The molecule has 0 fully saturated rings. The van der Waals surface area contributed by atoms with Crippen LogP contribution < -0.4 is 0 Å². The number of hydrogen-bond acceptors (Lipinski definition) is 2. The Bertz CT molecular complexity index is 1140. The fraction of sp³-hybridized carbons (Fsp3) is 0.0909. The molecule has 1 aliphatic carbocycles. The second-order valence-electron chi connectivity index (χ2n) is 6.41. The Morgan fingerprint density at radius 3 is 1.71 bits per heavy atom. The maximum atomic E-state index is 10.4. The van der Waals surface area contributed by atoms with Crippen molar-refractivity contribution in [3.63, 3.8) is 0 Å². The number of benzene rings is 4. The molecular formula is C22H16O2. The number of hydrogen-bond donors (Lipinski definition) is 2. The third-order valence-corrected chi connectivity index (χ3v) is 5.06. The average molecular weight is 312 g/mol. The maximum Gasteiger partial charge on any atom is 0.109 e. The highest BCUT2D eigenvalue weighted by atomic mass is 16.3. The first-order chi connectivity index (χ1) is 11.7. The molecule has 0 heterocycles. The van der Waals surface area contributed by atoms with Crippen LogP contribution in [0.5, 0.6) is 0 Å². The molecule has 0 amide bonds. The molecular weight excluding hydrogens is 296 g/mol. The van der Waals surface area contributed by atoms with Crippen LogP contribution in [-0.4, -0.2) is 16.3 Å². The van der Waals surface area contributed by atoms with Crippen molar-refractivity contribution >= 4 is 38.4 Å². The van der Waals surface area contributed by atoms with Gasteiger partial charge in [-0.25, -0.2) is 0 Å². The first kappa shape index (κ1) is 13.7. The van der Waals surface area contributed by atoms with Gasteiger partial charge in [-0.05, 0) is 55.6 Å². The van der Waals surface area contributed by atoms with E-state index in [1.807, 2.05) is 18.2 Å². The quantitative estimate of drug-likeness (QED) is 0.467. The zero-order valence-corrected chi connectivity index (χ0v) is 13.0. The van der Waals surface area contributed by atoms with Gasteiger partial charge in [0.2, 0.25) is 0 Å². The van der Waals surface area contributed by atoms with Crippen molar-refractivity contribution in [2.24, 2.45) is 0 Å². The third kappa shape index (κ3) is 1.78. The van der Waals surface area contributed by atoms with Crippen LogP contribution in [0.4, 0.5) is 0 Å². The van der Waals surface area contributed by atoms with Gasteiger partial charge in [0, 0.05) is 0 Å². The molecule has 116 valence electrons. The van der Waals surface area contributed by atoms with Crippen molar-refractivity contribution in [2.45, 2.75) is 12.2 Å². The van der Waals surface area contributed by atoms with E-state index in [4.69, 9.17) is 0 Å². The molecule has 1 aliphatic rings. The van der Waals surface area contributed by atoms with Gasteiger partial charge in [0.05, 0.1) is 0 Å². The zero-order valence-electron chi connectivity index (χ0n) is 13.0. The van der Waals surface area contributed by atoms with E-state index >= 15 is 0 Å². The van der Waals surface area contributed by atoms with Crippen molar-refractivity contribution in [3.8, 4) is 0 Å². The number of aliphatic hydroxyl groups excluding tert-OH is 2. The van der Waals surface area contributed by atoms with Crippen molar-refractivity contribution in [1.29, 1.82) is 0 Å². The number of aliphatic hydroxyl groups is 2. The van der Waals surface area contributed by atoms with E-state index in [-0.39, 0.29) is 0 Å². The predicted octanol–water partition coefficient (Wildman–Crippen LogP) is 4.57. The van der Waals surface area contributed by atoms with Crippen LogP contribution in [-0.2, 0) is 0 Å². The van der Waals surface area contributed by atoms with Crippen LogP contribution in [0.3, 0.4) is 0 Å². The highest BCUT2D eigenvalue weighted by Crippen LogP contribution is 2.39. The van der Waals surface area contributed by atoms with Gasteiger partial charge >= 0.3 is 0 Å². The van der Waals surface area contributed by atoms with E-state index in [1.54, 1.807) is 6.08 Å². The Kier molecular flexibility index (Phi) is 2.81. The molecule has 2 heteroatoms. The lowest BCUT2D eigenvalue weighted by Crippen LogP contribution is -2.19. The molecule has 24 heavy (non-hydrogen) atoms. The Hall–Kier alpha value is -2.68. The molecule has 5 rings (SSSR count). The Balaban J connectivity index is 2.03. The van der Waals surface area contributed by atoms with Gasteiger partial charge in [0.25, 0.3) is 0 Å². The van der Waals surface area contributed by atoms with Crippen LogP contribution in [0, 0.1) is 0 Å². The van der Waals surface area contributed by atoms with Gasteiger partial charge in [-0.3, -0.25) is 0 Å². The van der Waals surface area contributed by atoms with Gasteiger partial charge in [0.15, 0.2) is 0 Å². The molecule has 0 bridgehead atoms. The largest absolute Gasteiger partial charge is 0.386 e. The summed E-state index contributed by atoms with van der Waals surface area (Å²) in [6, 6.07) is 21.0. The molecule has 0 aromatic heterocycles. The van der Waals surface area contributed by atoms with Gasteiger partial charge in [-0.1, -0.05) is 60.7 Å². The van der Waals surface area contributed by atoms with Crippen LogP contribution in [0.15, 0.2) is 66.7 Å². The third-order valence-electron chi connectivity index (χ3n) is 5.06. The summed E-state index contributed by atoms with van der Waals surface area (Å²) >= 11 is 0. The lowest BCUT2D eigenvalue weighted by molar-refractivity contribution is 0.0471. The Morgan fingerprint density at radius 2 is 1.12 bits per heavy atom. The van der Waals surface area contributed by atoms with E-state index in [0.29, 0.717) is 0 Å². The summed E-state index contributed by atoms with van der Waals surface area (Å²) in [7, 11) is 0. The molecule has 0 saturated heterocycles. The van der Waals surface area contributed by atoms with Crippen molar-refractivity contribution < 1.29 is 10.2 Å². The van der Waals surface area contributed by atoms with E-state index in [9.17, 15) is 10.2 Å². The predicted molar refractivity (Wildman–Crippen MR) is 99.0 cm³/mol. The van der Waals surface area contributed by atoms with E-state index < -0.39 is 12.2 Å². The first-order valence-electron chi connectivity index (χ1n) is 8.15. The van der Waals surface area contributed by atoms with Gasteiger partial charge in [-0.2, -0.15) is 0 Å². The lowest BCUT2D eigenvalue weighted by Gasteiger charge is -2.23. The minimum atomic E-state index is -0.875. The molecule has 2 N–H and O–H groups in total. The second-order valence-corrected chi connectivity index (χ2v) is 6.41. The van der Waals surface area contributed by atoms with Gasteiger partial charge in [0.1, 0.15) is 12.2 Å². The molecule has 4 aromatic rings. The molecule has 2 nitrogen and oxygen atoms in total. The standard InChI is InChI=1S/C22H16O2/c23-21-10-9-13-11-19-16-7-3-1-5-14(16)15-6-2-4-8-17(15)20(19)12-18(13)22(21)24/h1-12,21-24H. The van der Waals surface area contributed by atoms with E-state index in [0.717, 1.165) is 16.5 Å². The second kappa shape index (κ2) is 4.91. The maximum absolute atomic E-state index is 10.4. The molecule has 0 aliphatic heterocycles. The number of fused-ring (bicyclic) bond motifs is 7. The first-order valence-corrected chi connectivity index (χ1v) is 8.15. The topological polar surface area (TPSA) is 40.5 Å². The normalized spacial score (nSPS) is 19.9. The SMILES string of the molecule is OC1C=Cc2cc3c4ccccc4c4ccccc4c3cc2C1O. The average Bonchev–Trinajstić information content (AvgIpc) is 2.64. The fourth-order valence-electron chi connectivity index (χ4n) is 3.88. The molecule has 4 aromatic carbocycles. The Labute approximate surface area is 139 Å². The smallest absolute Gasteiger partial charge is 0.109 e. The molecule has 0 saturated carbocycles. The summed E-state index contributed by atoms with van der Waals surface area (Å²) in [6.07, 6.45) is 1.83. The lowest BCUT2D eigenvalue weighted by atomic mass is 9.87. The summed E-state index contributed by atoms with van der Waals surface area (Å²) in [5.41, 5.74) is 1.76. The Morgan fingerprint density at radius 1 is 0.625 bits per heavy atom. The van der Waals surface area contributed by atoms with Gasteiger partial charge in [-0.15, -0.1) is 0 Å². The summed E-state index contributed by atoms with van der Waals surface area (Å²) < 4.78 is 0. The minimum absolute atomic E-state index is 0.790. The van der Waals surface area contributed by atoms with Crippen molar-refractivity contribution in [1.82, 2.24) is 0 Å². The highest BCUT2D eigenvalue weighted by molar-refractivity contribution is 6.25. The number of rotatable bonds is 0. The van der Waals surface area contributed by atoms with Gasteiger partial charge < -0.3 is 10.2 Å². The zero-order chi connectivity index (χ0) is 16.3. The minimum Gasteiger partial charge on any atom is -0.386 e. The monoisotopic (exact) mass is 312 g/mol. The summed E-state index contributed by atoms with van der Waals surface area (Å²) in [5, 5.41) is 27.4.